The van der Waals surface area contributed by atoms with Crippen molar-refractivity contribution in [1.29, 1.82) is 0 Å². The van der Waals surface area contributed by atoms with E-state index >= 15 is 0 Å². The molecule has 114 valence electrons. The predicted molar refractivity (Wildman–Crippen MR) is 79.0 cm³/mol. The molecular formula is C14H17ClN2O4. The molecule has 3 N–H and O–H groups in total. The van der Waals surface area contributed by atoms with Crippen LogP contribution in [0.2, 0.25) is 5.02 Å². The van der Waals surface area contributed by atoms with Crippen molar-refractivity contribution in [3.05, 3.63) is 28.8 Å². The molecule has 0 radical (unpaired) electrons. The van der Waals surface area contributed by atoms with Crippen LogP contribution in [0.25, 0.3) is 0 Å². The molecule has 1 fully saturated rings. The highest BCUT2D eigenvalue weighted by Crippen LogP contribution is 2.23. The van der Waals surface area contributed by atoms with Gasteiger partial charge in [-0.15, -0.1) is 0 Å². The molecule has 21 heavy (non-hydrogen) atoms. The predicted octanol–water partition coefficient (Wildman–Crippen LogP) is 2.73. The standard InChI is InChI=1S/C14H17ClN2O4/c15-11-8-9(13(18)19)3-4-12(11)17-14(20)16-6-5-10-2-1-7-21-10/h3-4,8,10H,1-2,5-7H2,(H,18,19)(H2,16,17,20). The Morgan fingerprint density at radius 3 is 2.86 bits per heavy atom. The summed E-state index contributed by atoms with van der Waals surface area (Å²) in [5, 5.41) is 14.3. The Labute approximate surface area is 127 Å². The monoisotopic (exact) mass is 312 g/mol. The van der Waals surface area contributed by atoms with Crippen LogP contribution < -0.4 is 10.6 Å². The van der Waals surface area contributed by atoms with Gasteiger partial charge in [0.05, 0.1) is 22.4 Å². The number of halogens is 1. The summed E-state index contributed by atoms with van der Waals surface area (Å²) in [6, 6.07) is 3.77. The van der Waals surface area contributed by atoms with Crippen molar-refractivity contribution in [3.63, 3.8) is 0 Å². The SMILES string of the molecule is O=C(NCCC1CCCO1)Nc1ccc(C(=O)O)cc1Cl. The van der Waals surface area contributed by atoms with Crippen molar-refractivity contribution in [1.82, 2.24) is 5.32 Å². The molecular weight excluding hydrogens is 296 g/mol. The number of carbonyl (C=O) groups is 2. The second-order valence-corrected chi connectivity index (χ2v) is 5.21. The van der Waals surface area contributed by atoms with E-state index in [0.717, 1.165) is 25.9 Å². The average Bonchev–Trinajstić information content (AvgIpc) is 2.94. The van der Waals surface area contributed by atoms with E-state index in [1.54, 1.807) is 0 Å². The summed E-state index contributed by atoms with van der Waals surface area (Å²) in [6.45, 7) is 1.31. The lowest BCUT2D eigenvalue weighted by atomic mass is 10.2. The molecule has 0 spiro atoms. The lowest BCUT2D eigenvalue weighted by Crippen LogP contribution is -2.31. The second kappa shape index (κ2) is 7.28. The molecule has 1 unspecified atom stereocenters. The minimum absolute atomic E-state index is 0.0735. The van der Waals surface area contributed by atoms with Gasteiger partial charge in [-0.05, 0) is 37.5 Å². The Bertz CT molecular complexity index is 530. The van der Waals surface area contributed by atoms with Crippen LogP contribution in [-0.2, 0) is 4.74 Å². The van der Waals surface area contributed by atoms with Gasteiger partial charge in [0.2, 0.25) is 0 Å². The second-order valence-electron chi connectivity index (χ2n) is 4.80. The van der Waals surface area contributed by atoms with Crippen LogP contribution in [0.5, 0.6) is 0 Å². The summed E-state index contributed by atoms with van der Waals surface area (Å²) in [4.78, 5) is 22.5. The lowest BCUT2D eigenvalue weighted by Gasteiger charge is -2.12. The van der Waals surface area contributed by atoms with Crippen LogP contribution in [0, 0.1) is 0 Å². The first-order valence-corrected chi connectivity index (χ1v) is 7.13. The van der Waals surface area contributed by atoms with E-state index in [9.17, 15) is 9.59 Å². The number of hydrogen-bond acceptors (Lipinski definition) is 3. The van der Waals surface area contributed by atoms with Crippen LogP contribution in [0.3, 0.4) is 0 Å². The third-order valence-corrected chi connectivity index (χ3v) is 3.55. The van der Waals surface area contributed by atoms with Gasteiger partial charge in [0, 0.05) is 13.2 Å². The molecule has 0 bridgehead atoms. The molecule has 0 saturated carbocycles. The summed E-state index contributed by atoms with van der Waals surface area (Å²) in [6.07, 6.45) is 3.11. The zero-order valence-corrected chi connectivity index (χ0v) is 12.2. The number of hydrogen-bond donors (Lipinski definition) is 3. The number of anilines is 1. The zero-order valence-electron chi connectivity index (χ0n) is 11.4. The fraction of sp³-hybridized carbons (Fsp3) is 0.429. The average molecular weight is 313 g/mol. The fourth-order valence-corrected chi connectivity index (χ4v) is 2.36. The van der Waals surface area contributed by atoms with Crippen molar-refractivity contribution in [2.45, 2.75) is 25.4 Å². The van der Waals surface area contributed by atoms with Gasteiger partial charge in [-0.1, -0.05) is 11.6 Å². The van der Waals surface area contributed by atoms with E-state index in [4.69, 9.17) is 21.4 Å². The van der Waals surface area contributed by atoms with Crippen molar-refractivity contribution >= 4 is 29.3 Å². The van der Waals surface area contributed by atoms with Gasteiger partial charge in [-0.25, -0.2) is 9.59 Å². The number of nitrogens with one attached hydrogen (secondary N) is 2. The third-order valence-electron chi connectivity index (χ3n) is 3.24. The van der Waals surface area contributed by atoms with Gasteiger partial charge >= 0.3 is 12.0 Å². The van der Waals surface area contributed by atoms with Gasteiger partial charge in [0.15, 0.2) is 0 Å². The van der Waals surface area contributed by atoms with Crippen LogP contribution in [0.4, 0.5) is 10.5 Å². The zero-order chi connectivity index (χ0) is 15.2. The highest BCUT2D eigenvalue weighted by molar-refractivity contribution is 6.34. The first-order chi connectivity index (χ1) is 10.1. The van der Waals surface area contributed by atoms with Gasteiger partial charge in [0.1, 0.15) is 0 Å². The van der Waals surface area contributed by atoms with E-state index in [0.29, 0.717) is 12.2 Å². The topological polar surface area (TPSA) is 87.7 Å². The molecule has 1 aromatic rings. The minimum Gasteiger partial charge on any atom is -0.478 e. The maximum atomic E-state index is 11.7. The van der Waals surface area contributed by atoms with Crippen molar-refractivity contribution < 1.29 is 19.4 Å². The largest absolute Gasteiger partial charge is 0.478 e. The highest BCUT2D eigenvalue weighted by Gasteiger charge is 2.15. The summed E-state index contributed by atoms with van der Waals surface area (Å²) in [5.41, 5.74) is 0.445. The highest BCUT2D eigenvalue weighted by atomic mass is 35.5. The molecule has 7 heteroatoms. The van der Waals surface area contributed by atoms with Gasteiger partial charge in [-0.3, -0.25) is 0 Å². The maximum absolute atomic E-state index is 11.7. The van der Waals surface area contributed by atoms with E-state index < -0.39 is 5.97 Å². The Hall–Kier alpha value is -1.79. The Morgan fingerprint density at radius 2 is 2.24 bits per heavy atom. The van der Waals surface area contributed by atoms with Crippen molar-refractivity contribution in [2.75, 3.05) is 18.5 Å². The Kier molecular flexibility index (Phi) is 5.41. The molecule has 1 aromatic carbocycles. The number of rotatable bonds is 5. The first kappa shape index (κ1) is 15.6. The van der Waals surface area contributed by atoms with Gasteiger partial charge in [-0.2, -0.15) is 0 Å². The Balaban J connectivity index is 1.80. The number of carboxylic acid groups (broad SMARTS) is 1. The molecule has 1 aliphatic heterocycles. The number of carboxylic acids is 1. The molecule has 6 nitrogen and oxygen atoms in total. The number of urea groups is 1. The minimum atomic E-state index is -1.07. The van der Waals surface area contributed by atoms with E-state index in [-0.39, 0.29) is 22.7 Å². The summed E-state index contributed by atoms with van der Waals surface area (Å²) < 4.78 is 5.46. The molecule has 0 aliphatic carbocycles. The van der Waals surface area contributed by atoms with Gasteiger partial charge < -0.3 is 20.5 Å². The summed E-state index contributed by atoms with van der Waals surface area (Å²) >= 11 is 5.93. The van der Waals surface area contributed by atoms with Crippen molar-refractivity contribution in [2.24, 2.45) is 0 Å². The first-order valence-electron chi connectivity index (χ1n) is 6.75. The van der Waals surface area contributed by atoms with E-state index in [2.05, 4.69) is 10.6 Å². The molecule has 1 aliphatic rings. The maximum Gasteiger partial charge on any atom is 0.335 e. The van der Waals surface area contributed by atoms with Crippen LogP contribution in [0.15, 0.2) is 18.2 Å². The normalized spacial score (nSPS) is 17.5. The summed E-state index contributed by atoms with van der Waals surface area (Å²) in [5.74, 6) is -1.07. The number of carbonyl (C=O) groups excluding carboxylic acids is 1. The third kappa shape index (κ3) is 4.61. The number of aromatic carboxylic acids is 1. The molecule has 2 rings (SSSR count). The van der Waals surface area contributed by atoms with Crippen molar-refractivity contribution in [3.8, 4) is 0 Å². The smallest absolute Gasteiger partial charge is 0.335 e. The molecule has 1 atom stereocenters. The molecule has 2 amide bonds. The Morgan fingerprint density at radius 1 is 1.43 bits per heavy atom. The lowest BCUT2D eigenvalue weighted by molar-refractivity contribution is 0.0697. The van der Waals surface area contributed by atoms with Gasteiger partial charge in [0.25, 0.3) is 0 Å². The van der Waals surface area contributed by atoms with Crippen LogP contribution >= 0.6 is 11.6 Å². The summed E-state index contributed by atoms with van der Waals surface area (Å²) in [7, 11) is 0. The number of ether oxygens (including phenoxy) is 1. The quantitative estimate of drug-likeness (QED) is 0.780. The van der Waals surface area contributed by atoms with E-state index in [1.807, 2.05) is 0 Å². The van der Waals surface area contributed by atoms with Crippen LogP contribution in [-0.4, -0.2) is 36.4 Å². The molecule has 1 heterocycles. The number of amides is 2. The number of benzene rings is 1. The fourth-order valence-electron chi connectivity index (χ4n) is 2.13. The van der Waals surface area contributed by atoms with E-state index in [1.165, 1.54) is 18.2 Å². The van der Waals surface area contributed by atoms with Crippen LogP contribution in [0.1, 0.15) is 29.6 Å². The molecule has 1 saturated heterocycles. The molecule has 0 aromatic heterocycles.